The lowest BCUT2D eigenvalue weighted by molar-refractivity contribution is -0.0301. The highest BCUT2D eigenvalue weighted by molar-refractivity contribution is 5.56. The van der Waals surface area contributed by atoms with Crippen LogP contribution in [-0.4, -0.2) is 25.2 Å². The monoisotopic (exact) mass is 374 g/mol. The molecule has 0 bridgehead atoms. The predicted octanol–water partition coefficient (Wildman–Crippen LogP) is 3.62. The van der Waals surface area contributed by atoms with Gasteiger partial charge in [0, 0.05) is 23.7 Å². The van der Waals surface area contributed by atoms with Crippen molar-refractivity contribution in [1.29, 1.82) is 0 Å². The number of nitrogens with zero attached hydrogens (tertiary/aromatic N) is 3. The van der Waals surface area contributed by atoms with E-state index < -0.39 is 0 Å². The third kappa shape index (κ3) is 4.02. The smallest absolute Gasteiger partial charge is 0.275 e. The van der Waals surface area contributed by atoms with Crippen LogP contribution in [0.25, 0.3) is 17.2 Å². The second-order valence-corrected chi connectivity index (χ2v) is 7.38. The van der Waals surface area contributed by atoms with Crippen LogP contribution in [0.2, 0.25) is 0 Å². The van der Waals surface area contributed by atoms with Gasteiger partial charge in [-0.05, 0) is 19.4 Å². The van der Waals surface area contributed by atoms with Gasteiger partial charge in [-0.2, -0.15) is 9.50 Å². The summed E-state index contributed by atoms with van der Waals surface area (Å²) >= 11 is 0. The Labute approximate surface area is 162 Å². The first-order chi connectivity index (χ1) is 13.5. The van der Waals surface area contributed by atoms with Gasteiger partial charge in [-0.3, -0.25) is 4.79 Å². The number of H-pyrrole nitrogens is 1. The molecule has 28 heavy (non-hydrogen) atoms. The van der Waals surface area contributed by atoms with Crippen molar-refractivity contribution in [3.63, 3.8) is 0 Å². The average Bonchev–Trinajstić information content (AvgIpc) is 3.13. The molecule has 0 aliphatic carbocycles. The zero-order chi connectivity index (χ0) is 19.6. The molecule has 0 unspecified atom stereocenters. The van der Waals surface area contributed by atoms with Crippen LogP contribution in [0.15, 0.2) is 71.5 Å². The Morgan fingerprint density at radius 2 is 1.71 bits per heavy atom. The van der Waals surface area contributed by atoms with Crippen LogP contribution >= 0.6 is 0 Å². The molecule has 2 aromatic carbocycles. The Balaban J connectivity index is 1.53. The summed E-state index contributed by atoms with van der Waals surface area (Å²) in [4.78, 5) is 20.1. The molecule has 6 heteroatoms. The summed E-state index contributed by atoms with van der Waals surface area (Å²) in [6, 6.07) is 21.3. The molecule has 1 N–H and O–H groups in total. The first kappa shape index (κ1) is 18.1. The minimum Gasteiger partial charge on any atom is -0.369 e. The molecular formula is C22H22N4O2. The van der Waals surface area contributed by atoms with Gasteiger partial charge in [-0.15, -0.1) is 5.10 Å². The molecule has 2 aromatic heterocycles. The quantitative estimate of drug-likeness (QED) is 0.559. The van der Waals surface area contributed by atoms with E-state index >= 15 is 0 Å². The van der Waals surface area contributed by atoms with Crippen molar-refractivity contribution >= 4 is 5.78 Å². The van der Waals surface area contributed by atoms with Gasteiger partial charge >= 0.3 is 0 Å². The third-order valence-corrected chi connectivity index (χ3v) is 4.51. The normalized spacial score (nSPS) is 11.8. The second-order valence-electron chi connectivity index (χ2n) is 7.38. The van der Waals surface area contributed by atoms with Crippen molar-refractivity contribution in [2.24, 2.45) is 0 Å². The zero-order valence-corrected chi connectivity index (χ0v) is 15.9. The van der Waals surface area contributed by atoms with E-state index in [2.05, 4.69) is 27.2 Å². The first-order valence-electron chi connectivity index (χ1n) is 9.22. The van der Waals surface area contributed by atoms with Crippen LogP contribution in [0, 0.1) is 0 Å². The summed E-state index contributed by atoms with van der Waals surface area (Å²) in [5, 5.41) is 4.31. The molecule has 0 saturated heterocycles. The van der Waals surface area contributed by atoms with Crippen molar-refractivity contribution in [3.05, 3.63) is 88.3 Å². The number of aromatic amines is 1. The van der Waals surface area contributed by atoms with Crippen LogP contribution in [0.1, 0.15) is 25.1 Å². The van der Waals surface area contributed by atoms with Gasteiger partial charge in [0.25, 0.3) is 5.56 Å². The fraction of sp³-hybridized carbons (Fsp3) is 0.227. The minimum absolute atomic E-state index is 0.233. The maximum atomic E-state index is 12.4. The Hall–Kier alpha value is -3.25. The molecule has 0 fully saturated rings. The Morgan fingerprint density at radius 3 is 2.43 bits per heavy atom. The van der Waals surface area contributed by atoms with Gasteiger partial charge in [-0.1, -0.05) is 60.7 Å². The molecule has 0 radical (unpaired) electrons. The van der Waals surface area contributed by atoms with E-state index in [0.717, 1.165) is 12.0 Å². The molecule has 0 amide bonds. The molecule has 0 aliphatic heterocycles. The summed E-state index contributed by atoms with van der Waals surface area (Å²) in [6.45, 7) is 4.38. The van der Waals surface area contributed by atoms with Crippen LogP contribution in [0.3, 0.4) is 0 Å². The summed E-state index contributed by atoms with van der Waals surface area (Å²) in [5.74, 6) is 0.919. The van der Waals surface area contributed by atoms with Crippen molar-refractivity contribution in [3.8, 4) is 11.4 Å². The van der Waals surface area contributed by atoms with E-state index in [1.54, 1.807) is 0 Å². The molecule has 4 rings (SSSR count). The van der Waals surface area contributed by atoms with Crippen LogP contribution in [0.4, 0.5) is 0 Å². The summed E-state index contributed by atoms with van der Waals surface area (Å²) in [7, 11) is 0. The maximum Gasteiger partial charge on any atom is 0.275 e. The molecular weight excluding hydrogens is 352 g/mol. The molecule has 142 valence electrons. The SMILES string of the molecule is CC(C)(Cc1ccccc1)OCc1cc(=O)n2nc(-c3ccccc3)nc2[nH]1. The largest absolute Gasteiger partial charge is 0.369 e. The number of hydrogen-bond acceptors (Lipinski definition) is 4. The zero-order valence-electron chi connectivity index (χ0n) is 15.9. The minimum atomic E-state index is -0.368. The lowest BCUT2D eigenvalue weighted by atomic mass is 9.98. The Morgan fingerprint density at radius 1 is 1.04 bits per heavy atom. The molecule has 0 aliphatic rings. The lowest BCUT2D eigenvalue weighted by Crippen LogP contribution is -2.28. The van der Waals surface area contributed by atoms with Gasteiger partial charge in [-0.25, -0.2) is 0 Å². The van der Waals surface area contributed by atoms with Gasteiger partial charge in [0.2, 0.25) is 5.78 Å². The summed E-state index contributed by atoms with van der Waals surface area (Å²) in [6.07, 6.45) is 0.781. The molecule has 0 spiro atoms. The predicted molar refractivity (Wildman–Crippen MR) is 108 cm³/mol. The molecule has 2 heterocycles. The molecule has 0 atom stereocenters. The second kappa shape index (κ2) is 7.40. The van der Waals surface area contributed by atoms with E-state index in [1.165, 1.54) is 16.1 Å². The number of rotatable bonds is 6. The van der Waals surface area contributed by atoms with E-state index in [1.807, 2.05) is 62.4 Å². The summed E-state index contributed by atoms with van der Waals surface area (Å²) in [5.41, 5.74) is 2.14. The van der Waals surface area contributed by atoms with Crippen LogP contribution in [-0.2, 0) is 17.8 Å². The number of hydrogen-bond donors (Lipinski definition) is 1. The van der Waals surface area contributed by atoms with Gasteiger partial charge in [0.1, 0.15) is 0 Å². The van der Waals surface area contributed by atoms with Crippen molar-refractivity contribution < 1.29 is 4.74 Å². The molecule has 4 aromatic rings. The van der Waals surface area contributed by atoms with Gasteiger partial charge < -0.3 is 9.72 Å². The lowest BCUT2D eigenvalue weighted by Gasteiger charge is -2.25. The Bertz CT molecular complexity index is 1130. The van der Waals surface area contributed by atoms with Crippen LogP contribution in [0.5, 0.6) is 0 Å². The fourth-order valence-corrected chi connectivity index (χ4v) is 3.14. The third-order valence-electron chi connectivity index (χ3n) is 4.51. The van der Waals surface area contributed by atoms with E-state index in [0.29, 0.717) is 23.9 Å². The highest BCUT2D eigenvalue weighted by atomic mass is 16.5. The summed E-state index contributed by atoms with van der Waals surface area (Å²) < 4.78 is 7.37. The Kier molecular flexibility index (Phi) is 4.79. The molecule has 6 nitrogen and oxygen atoms in total. The van der Waals surface area contributed by atoms with Crippen LogP contribution < -0.4 is 5.56 Å². The van der Waals surface area contributed by atoms with E-state index in [-0.39, 0.29) is 11.2 Å². The number of ether oxygens (including phenoxy) is 1. The first-order valence-corrected chi connectivity index (χ1v) is 9.22. The fourth-order valence-electron chi connectivity index (χ4n) is 3.14. The average molecular weight is 374 g/mol. The maximum absolute atomic E-state index is 12.4. The number of nitrogens with one attached hydrogen (secondary N) is 1. The van der Waals surface area contributed by atoms with Crippen molar-refractivity contribution in [2.45, 2.75) is 32.5 Å². The van der Waals surface area contributed by atoms with E-state index in [4.69, 9.17) is 4.74 Å². The molecule has 0 saturated carbocycles. The van der Waals surface area contributed by atoms with Crippen molar-refractivity contribution in [2.75, 3.05) is 0 Å². The number of fused-ring (bicyclic) bond motifs is 1. The van der Waals surface area contributed by atoms with Gasteiger partial charge in [0.15, 0.2) is 5.82 Å². The standard InChI is InChI=1S/C22H22N4O2/c1-22(2,14-16-9-5-3-6-10-16)28-15-18-13-19(27)26-21(23-18)24-20(25-26)17-11-7-4-8-12-17/h3-13H,14-15H2,1-2H3,(H,23,24,25). The highest BCUT2D eigenvalue weighted by Gasteiger charge is 2.20. The number of benzene rings is 2. The topological polar surface area (TPSA) is 72.3 Å². The number of aromatic nitrogens is 4. The van der Waals surface area contributed by atoms with E-state index in [9.17, 15) is 4.79 Å². The highest BCUT2D eigenvalue weighted by Crippen LogP contribution is 2.19. The van der Waals surface area contributed by atoms with Crippen molar-refractivity contribution in [1.82, 2.24) is 19.6 Å². The van der Waals surface area contributed by atoms with Gasteiger partial charge in [0.05, 0.1) is 12.2 Å².